The van der Waals surface area contributed by atoms with Gasteiger partial charge in [0.25, 0.3) is 5.91 Å². The van der Waals surface area contributed by atoms with E-state index < -0.39 is 5.97 Å². The minimum Gasteiger partial charge on any atom is -0.478 e. The molecule has 1 heterocycles. The third-order valence-electron chi connectivity index (χ3n) is 2.15. The molecule has 0 bridgehead atoms. The largest absolute Gasteiger partial charge is 0.478 e. The van der Waals surface area contributed by atoms with Crippen molar-refractivity contribution in [2.45, 2.75) is 0 Å². The summed E-state index contributed by atoms with van der Waals surface area (Å²) in [5, 5.41) is 14.8. The Kier molecular flexibility index (Phi) is 3.99. The van der Waals surface area contributed by atoms with Gasteiger partial charge in [-0.3, -0.25) is 4.79 Å². The minimum absolute atomic E-state index is 0.297. The fraction of sp³-hybridized carbons (Fsp3) is 0. The quantitative estimate of drug-likeness (QED) is 0.831. The molecule has 7 heteroatoms. The fourth-order valence-electron chi connectivity index (χ4n) is 1.35. The summed E-state index contributed by atoms with van der Waals surface area (Å²) in [5.41, 5.74) is 1.26. The van der Waals surface area contributed by atoms with Crippen molar-refractivity contribution in [2.24, 2.45) is 0 Å². The first-order valence-corrected chi connectivity index (χ1v) is 6.02. The van der Waals surface area contributed by atoms with Gasteiger partial charge < -0.3 is 10.4 Å². The molecule has 0 fully saturated rings. The van der Waals surface area contributed by atoms with E-state index in [1.807, 2.05) is 0 Å². The molecule has 19 heavy (non-hydrogen) atoms. The van der Waals surface area contributed by atoms with Crippen LogP contribution in [0.5, 0.6) is 0 Å². The predicted octanol–water partition coefficient (Wildman–Crippen LogP) is 1.89. The summed E-state index contributed by atoms with van der Waals surface area (Å²) >= 11 is 1.00. The zero-order chi connectivity index (χ0) is 13.7. The van der Waals surface area contributed by atoms with Crippen LogP contribution in [0.25, 0.3) is 6.08 Å². The zero-order valence-corrected chi connectivity index (χ0v) is 10.4. The second kappa shape index (κ2) is 5.87. The van der Waals surface area contributed by atoms with Gasteiger partial charge in [0, 0.05) is 11.8 Å². The highest BCUT2D eigenvalue weighted by Crippen LogP contribution is 2.14. The number of nitrogens with zero attached hydrogens (tertiary/aromatic N) is 2. The molecule has 0 spiro atoms. The number of benzene rings is 1. The van der Waals surface area contributed by atoms with E-state index in [-0.39, 0.29) is 5.91 Å². The molecule has 2 N–H and O–H groups in total. The normalized spacial score (nSPS) is 10.5. The average Bonchev–Trinajstić information content (AvgIpc) is 2.91. The van der Waals surface area contributed by atoms with Crippen molar-refractivity contribution >= 4 is 35.2 Å². The Bertz CT molecular complexity index is 623. The Balaban J connectivity index is 2.11. The number of hydrogen-bond acceptors (Lipinski definition) is 5. The summed E-state index contributed by atoms with van der Waals surface area (Å²) in [6.07, 6.45) is 3.87. The molecule has 0 aliphatic carbocycles. The number of anilines is 1. The lowest BCUT2D eigenvalue weighted by atomic mass is 10.2. The van der Waals surface area contributed by atoms with Crippen molar-refractivity contribution in [3.63, 3.8) is 0 Å². The first-order valence-electron chi connectivity index (χ1n) is 5.25. The molecule has 0 atom stereocenters. The number of rotatable bonds is 4. The SMILES string of the molecule is O=C(O)/C=C/c1cccc(NC(=O)c2cnns2)c1. The third kappa shape index (κ3) is 3.71. The molecule has 1 aromatic carbocycles. The fourth-order valence-corrected chi connectivity index (χ4v) is 1.76. The number of aliphatic carboxylic acids is 1. The molecule has 0 saturated carbocycles. The first kappa shape index (κ1) is 12.9. The lowest BCUT2D eigenvalue weighted by Crippen LogP contribution is -2.10. The zero-order valence-electron chi connectivity index (χ0n) is 9.61. The van der Waals surface area contributed by atoms with E-state index in [0.29, 0.717) is 16.1 Å². The molecule has 0 unspecified atom stereocenters. The van der Waals surface area contributed by atoms with Crippen LogP contribution in [0.4, 0.5) is 5.69 Å². The molecular formula is C12H9N3O3S. The number of carbonyl (C=O) groups is 2. The van der Waals surface area contributed by atoms with Crippen LogP contribution in [0, 0.1) is 0 Å². The summed E-state index contributed by atoms with van der Waals surface area (Å²) in [5.74, 6) is -1.32. The van der Waals surface area contributed by atoms with E-state index in [2.05, 4.69) is 14.9 Å². The van der Waals surface area contributed by atoms with Gasteiger partial charge in [-0.05, 0) is 35.3 Å². The smallest absolute Gasteiger partial charge is 0.328 e. The van der Waals surface area contributed by atoms with Gasteiger partial charge in [0.05, 0.1) is 6.20 Å². The highest BCUT2D eigenvalue weighted by molar-refractivity contribution is 7.07. The number of carboxylic acids is 1. The summed E-state index contributed by atoms with van der Waals surface area (Å²) in [4.78, 5) is 22.6. The molecule has 0 aliphatic rings. The van der Waals surface area contributed by atoms with Gasteiger partial charge in [-0.1, -0.05) is 16.6 Å². The van der Waals surface area contributed by atoms with E-state index in [0.717, 1.165) is 17.6 Å². The van der Waals surface area contributed by atoms with Crippen LogP contribution in [-0.2, 0) is 4.79 Å². The van der Waals surface area contributed by atoms with Crippen molar-refractivity contribution in [1.82, 2.24) is 9.59 Å². The van der Waals surface area contributed by atoms with E-state index >= 15 is 0 Å². The number of carbonyl (C=O) groups excluding carboxylic acids is 1. The molecule has 1 amide bonds. The highest BCUT2D eigenvalue weighted by atomic mass is 32.1. The topological polar surface area (TPSA) is 92.2 Å². The molecule has 2 rings (SSSR count). The van der Waals surface area contributed by atoms with Gasteiger partial charge in [-0.2, -0.15) is 0 Å². The van der Waals surface area contributed by atoms with Crippen LogP contribution in [0.2, 0.25) is 0 Å². The van der Waals surface area contributed by atoms with Gasteiger partial charge in [-0.15, -0.1) is 5.10 Å². The lowest BCUT2D eigenvalue weighted by molar-refractivity contribution is -0.131. The summed E-state index contributed by atoms with van der Waals surface area (Å²) in [7, 11) is 0. The maximum atomic E-state index is 11.8. The third-order valence-corrected chi connectivity index (χ3v) is 2.81. The van der Waals surface area contributed by atoms with Gasteiger partial charge >= 0.3 is 5.97 Å². The van der Waals surface area contributed by atoms with Crippen LogP contribution in [0.15, 0.2) is 36.5 Å². The van der Waals surface area contributed by atoms with Crippen LogP contribution in [-0.4, -0.2) is 26.6 Å². The van der Waals surface area contributed by atoms with Crippen molar-refractivity contribution in [1.29, 1.82) is 0 Å². The van der Waals surface area contributed by atoms with Crippen molar-refractivity contribution < 1.29 is 14.7 Å². The average molecular weight is 275 g/mol. The van der Waals surface area contributed by atoms with Crippen LogP contribution >= 0.6 is 11.5 Å². The van der Waals surface area contributed by atoms with Crippen LogP contribution in [0.1, 0.15) is 15.2 Å². The lowest BCUT2D eigenvalue weighted by Gasteiger charge is -2.03. The Labute approximate surface area is 112 Å². The highest BCUT2D eigenvalue weighted by Gasteiger charge is 2.08. The van der Waals surface area contributed by atoms with E-state index in [4.69, 9.17) is 5.11 Å². The first-order chi connectivity index (χ1) is 9.15. The number of hydrogen-bond donors (Lipinski definition) is 2. The molecular weight excluding hydrogens is 266 g/mol. The second-order valence-corrected chi connectivity index (χ2v) is 4.32. The molecule has 1 aromatic heterocycles. The Hall–Kier alpha value is -2.54. The van der Waals surface area contributed by atoms with Crippen LogP contribution < -0.4 is 5.32 Å². The monoisotopic (exact) mass is 275 g/mol. The van der Waals surface area contributed by atoms with Gasteiger partial charge in [0.2, 0.25) is 0 Å². The molecule has 6 nitrogen and oxygen atoms in total. The van der Waals surface area contributed by atoms with Crippen LogP contribution in [0.3, 0.4) is 0 Å². The Morgan fingerprint density at radius 1 is 1.37 bits per heavy atom. The minimum atomic E-state index is -1.02. The van der Waals surface area contributed by atoms with E-state index in [1.54, 1.807) is 24.3 Å². The number of amides is 1. The predicted molar refractivity (Wildman–Crippen MR) is 71.0 cm³/mol. The summed E-state index contributed by atoms with van der Waals surface area (Å²) in [6.45, 7) is 0. The maximum absolute atomic E-state index is 11.8. The summed E-state index contributed by atoms with van der Waals surface area (Å²) in [6, 6.07) is 6.85. The van der Waals surface area contributed by atoms with Crippen molar-refractivity contribution in [2.75, 3.05) is 5.32 Å². The van der Waals surface area contributed by atoms with Gasteiger partial charge in [0.1, 0.15) is 4.88 Å². The second-order valence-electron chi connectivity index (χ2n) is 3.53. The molecule has 0 radical (unpaired) electrons. The van der Waals surface area contributed by atoms with E-state index in [1.165, 1.54) is 12.3 Å². The number of carboxylic acid groups (broad SMARTS) is 1. The molecule has 96 valence electrons. The number of aromatic nitrogens is 2. The Morgan fingerprint density at radius 3 is 2.89 bits per heavy atom. The van der Waals surface area contributed by atoms with Crippen molar-refractivity contribution in [3.05, 3.63) is 47.0 Å². The van der Waals surface area contributed by atoms with Crippen molar-refractivity contribution in [3.8, 4) is 0 Å². The maximum Gasteiger partial charge on any atom is 0.328 e. The Morgan fingerprint density at radius 2 is 2.21 bits per heavy atom. The molecule has 0 saturated heterocycles. The van der Waals surface area contributed by atoms with E-state index in [9.17, 15) is 9.59 Å². The van der Waals surface area contributed by atoms with Gasteiger partial charge in [-0.25, -0.2) is 4.79 Å². The number of nitrogens with one attached hydrogen (secondary N) is 1. The standard InChI is InChI=1S/C12H9N3O3S/c16-11(17)5-4-8-2-1-3-9(6-8)14-12(18)10-7-13-15-19-10/h1-7H,(H,14,18)(H,16,17)/b5-4+. The van der Waals surface area contributed by atoms with Gasteiger partial charge in [0.15, 0.2) is 0 Å². The molecule has 0 aliphatic heterocycles. The summed E-state index contributed by atoms with van der Waals surface area (Å²) < 4.78 is 3.61. The molecule has 2 aromatic rings.